The molecule has 2 rings (SSSR count). The lowest BCUT2D eigenvalue weighted by molar-refractivity contribution is 0.287. The van der Waals surface area contributed by atoms with E-state index in [-0.39, 0.29) is 6.04 Å². The Balaban J connectivity index is 2.02. The van der Waals surface area contributed by atoms with Gasteiger partial charge in [0.05, 0.1) is 25.8 Å². The number of aliphatic imine (C=N–C) groups is 1. The van der Waals surface area contributed by atoms with Crippen molar-refractivity contribution in [3.8, 4) is 11.5 Å². The first-order valence-electron chi connectivity index (χ1n) is 8.73. The summed E-state index contributed by atoms with van der Waals surface area (Å²) in [7, 11) is 1.72. The Morgan fingerprint density at radius 1 is 1.23 bits per heavy atom. The number of benzene rings is 1. The molecule has 8 nitrogen and oxygen atoms in total. The third-order valence-corrected chi connectivity index (χ3v) is 3.63. The Bertz CT molecular complexity index is 729. The Morgan fingerprint density at radius 2 is 1.96 bits per heavy atom. The van der Waals surface area contributed by atoms with Gasteiger partial charge >= 0.3 is 0 Å². The second-order valence-corrected chi connectivity index (χ2v) is 5.59. The smallest absolute Gasteiger partial charge is 0.223 e. The highest BCUT2D eigenvalue weighted by Gasteiger charge is 2.13. The fourth-order valence-corrected chi connectivity index (χ4v) is 2.40. The van der Waals surface area contributed by atoms with Gasteiger partial charge in [0.25, 0.3) is 0 Å². The summed E-state index contributed by atoms with van der Waals surface area (Å²) in [5.74, 6) is 3.26. The van der Waals surface area contributed by atoms with Gasteiger partial charge in [0, 0.05) is 14.0 Å². The van der Waals surface area contributed by atoms with Crippen molar-refractivity contribution in [1.29, 1.82) is 0 Å². The Kier molecular flexibility index (Phi) is 7.25. The summed E-state index contributed by atoms with van der Waals surface area (Å²) in [5.41, 5.74) is 1.07. The predicted molar refractivity (Wildman–Crippen MR) is 99.6 cm³/mol. The fourth-order valence-electron chi connectivity index (χ4n) is 2.40. The molecule has 0 saturated heterocycles. The van der Waals surface area contributed by atoms with Crippen molar-refractivity contribution in [1.82, 2.24) is 20.8 Å². The highest BCUT2D eigenvalue weighted by atomic mass is 16.5. The quantitative estimate of drug-likeness (QED) is 0.551. The summed E-state index contributed by atoms with van der Waals surface area (Å²) in [4.78, 5) is 8.39. The van der Waals surface area contributed by atoms with Crippen LogP contribution >= 0.6 is 0 Å². The van der Waals surface area contributed by atoms with Gasteiger partial charge in [-0.25, -0.2) is 0 Å². The zero-order chi connectivity index (χ0) is 18.9. The molecule has 0 aliphatic heterocycles. The monoisotopic (exact) mass is 361 g/mol. The first kappa shape index (κ1) is 19.6. The normalized spacial score (nSPS) is 12.6. The summed E-state index contributed by atoms with van der Waals surface area (Å²) < 4.78 is 16.3. The molecule has 0 radical (unpaired) electrons. The van der Waals surface area contributed by atoms with Gasteiger partial charge < -0.3 is 24.6 Å². The molecule has 1 heterocycles. The van der Waals surface area contributed by atoms with Gasteiger partial charge in [-0.2, -0.15) is 4.98 Å². The number of ether oxygens (including phenoxy) is 2. The molecule has 8 heteroatoms. The van der Waals surface area contributed by atoms with Gasteiger partial charge in [-0.3, -0.25) is 4.99 Å². The molecule has 0 bridgehead atoms. The molecule has 2 N–H and O–H groups in total. The average Bonchev–Trinajstić information content (AvgIpc) is 3.05. The highest BCUT2D eigenvalue weighted by molar-refractivity contribution is 5.80. The molecule has 26 heavy (non-hydrogen) atoms. The minimum Gasteiger partial charge on any atom is -0.490 e. The predicted octanol–water partition coefficient (Wildman–Crippen LogP) is 2.60. The SMILES string of the molecule is CCOc1ccc(C(C)NC(=NC)NCc2noc(C)n2)cc1OCC. The fraction of sp³-hybridized carbons (Fsp3) is 0.500. The van der Waals surface area contributed by atoms with E-state index in [1.54, 1.807) is 14.0 Å². The van der Waals surface area contributed by atoms with Crippen LogP contribution in [0.3, 0.4) is 0 Å². The van der Waals surface area contributed by atoms with Crippen LogP contribution in [-0.2, 0) is 6.54 Å². The summed E-state index contributed by atoms with van der Waals surface area (Å²) in [6, 6.07) is 5.95. The summed E-state index contributed by atoms with van der Waals surface area (Å²) in [6.45, 7) is 9.32. The number of aryl methyl sites for hydroxylation is 1. The van der Waals surface area contributed by atoms with Crippen molar-refractivity contribution in [2.24, 2.45) is 4.99 Å². The zero-order valence-corrected chi connectivity index (χ0v) is 16.0. The van der Waals surface area contributed by atoms with Gasteiger partial charge in [0.2, 0.25) is 5.89 Å². The largest absolute Gasteiger partial charge is 0.490 e. The number of rotatable bonds is 8. The molecule has 0 aliphatic carbocycles. The molecule has 1 aromatic carbocycles. The Hall–Kier alpha value is -2.77. The number of aromatic nitrogens is 2. The van der Waals surface area contributed by atoms with Crippen molar-refractivity contribution in [3.05, 3.63) is 35.5 Å². The number of hydrogen-bond acceptors (Lipinski definition) is 6. The van der Waals surface area contributed by atoms with E-state index in [1.807, 2.05) is 32.0 Å². The lowest BCUT2D eigenvalue weighted by Crippen LogP contribution is -2.38. The summed E-state index contributed by atoms with van der Waals surface area (Å²) in [5, 5.41) is 10.4. The van der Waals surface area contributed by atoms with Crippen molar-refractivity contribution in [2.45, 2.75) is 40.3 Å². The summed E-state index contributed by atoms with van der Waals surface area (Å²) in [6.07, 6.45) is 0. The van der Waals surface area contributed by atoms with E-state index in [0.717, 1.165) is 17.1 Å². The van der Waals surface area contributed by atoms with Crippen molar-refractivity contribution < 1.29 is 14.0 Å². The number of nitrogens with zero attached hydrogens (tertiary/aromatic N) is 3. The molecular weight excluding hydrogens is 334 g/mol. The first-order chi connectivity index (χ1) is 12.6. The lowest BCUT2D eigenvalue weighted by Gasteiger charge is -2.19. The van der Waals surface area contributed by atoms with Gasteiger partial charge in [0.1, 0.15) is 0 Å². The topological polar surface area (TPSA) is 93.8 Å². The van der Waals surface area contributed by atoms with Crippen molar-refractivity contribution in [3.63, 3.8) is 0 Å². The molecular formula is C18H27N5O3. The summed E-state index contributed by atoms with van der Waals surface area (Å²) >= 11 is 0. The van der Waals surface area contributed by atoms with Gasteiger partial charge in [0.15, 0.2) is 23.3 Å². The van der Waals surface area contributed by atoms with E-state index >= 15 is 0 Å². The van der Waals surface area contributed by atoms with E-state index in [9.17, 15) is 0 Å². The van der Waals surface area contributed by atoms with Crippen LogP contribution in [0.1, 0.15) is 44.1 Å². The van der Waals surface area contributed by atoms with Crippen LogP contribution in [0.15, 0.2) is 27.7 Å². The van der Waals surface area contributed by atoms with Crippen LogP contribution in [0.25, 0.3) is 0 Å². The van der Waals surface area contributed by atoms with Crippen LogP contribution in [0, 0.1) is 6.92 Å². The highest BCUT2D eigenvalue weighted by Crippen LogP contribution is 2.30. The van der Waals surface area contributed by atoms with Gasteiger partial charge in [-0.1, -0.05) is 11.2 Å². The van der Waals surface area contributed by atoms with Crippen LogP contribution in [-0.4, -0.2) is 36.4 Å². The minimum atomic E-state index is 0.0167. The van der Waals surface area contributed by atoms with E-state index in [0.29, 0.717) is 37.4 Å². The lowest BCUT2D eigenvalue weighted by atomic mass is 10.1. The number of nitrogens with one attached hydrogen (secondary N) is 2. The molecule has 0 saturated carbocycles. The van der Waals surface area contributed by atoms with Crippen LogP contribution in [0.4, 0.5) is 0 Å². The third-order valence-electron chi connectivity index (χ3n) is 3.63. The molecule has 0 fully saturated rings. The number of guanidine groups is 1. The number of hydrogen-bond donors (Lipinski definition) is 2. The molecule has 1 unspecified atom stereocenters. The van der Waals surface area contributed by atoms with Crippen LogP contribution < -0.4 is 20.1 Å². The van der Waals surface area contributed by atoms with E-state index in [1.165, 1.54) is 0 Å². The van der Waals surface area contributed by atoms with E-state index < -0.39 is 0 Å². The van der Waals surface area contributed by atoms with Crippen molar-refractivity contribution >= 4 is 5.96 Å². The maximum absolute atomic E-state index is 5.69. The standard InChI is InChI=1S/C18H27N5O3/c1-6-24-15-9-8-14(10-16(15)25-7-2)12(3)21-18(19-5)20-11-17-22-13(4)26-23-17/h8-10,12H,6-7,11H2,1-5H3,(H2,19,20,21). The van der Waals surface area contributed by atoms with E-state index in [4.69, 9.17) is 14.0 Å². The third kappa shape index (κ3) is 5.37. The van der Waals surface area contributed by atoms with Crippen LogP contribution in [0.2, 0.25) is 0 Å². The van der Waals surface area contributed by atoms with Gasteiger partial charge in [-0.05, 0) is 38.5 Å². The van der Waals surface area contributed by atoms with Gasteiger partial charge in [-0.15, -0.1) is 0 Å². The molecule has 0 aliphatic rings. The average molecular weight is 361 g/mol. The molecule has 0 amide bonds. The first-order valence-corrected chi connectivity index (χ1v) is 8.73. The second-order valence-electron chi connectivity index (χ2n) is 5.59. The maximum Gasteiger partial charge on any atom is 0.223 e. The zero-order valence-electron chi connectivity index (χ0n) is 16.0. The Labute approximate surface area is 154 Å². The molecule has 1 atom stereocenters. The van der Waals surface area contributed by atoms with E-state index in [2.05, 4.69) is 32.7 Å². The maximum atomic E-state index is 5.69. The molecule has 2 aromatic rings. The molecule has 1 aromatic heterocycles. The minimum absolute atomic E-state index is 0.0167. The Morgan fingerprint density at radius 3 is 2.58 bits per heavy atom. The van der Waals surface area contributed by atoms with Crippen molar-refractivity contribution in [2.75, 3.05) is 20.3 Å². The molecule has 0 spiro atoms. The molecule has 142 valence electrons. The van der Waals surface area contributed by atoms with Crippen LogP contribution in [0.5, 0.6) is 11.5 Å². The second kappa shape index (κ2) is 9.65.